The van der Waals surface area contributed by atoms with Crippen LogP contribution in [0.25, 0.3) is 10.2 Å². The van der Waals surface area contributed by atoms with E-state index in [2.05, 4.69) is 5.32 Å². The molecule has 1 fully saturated rings. The number of fused-ring (bicyclic) bond motifs is 1. The van der Waals surface area contributed by atoms with Crippen LogP contribution in [0.3, 0.4) is 0 Å². The number of nitrogens with zero attached hydrogens (tertiary/aromatic N) is 2. The number of hydrogen-bond acceptors (Lipinski definition) is 5. The lowest BCUT2D eigenvalue weighted by Gasteiger charge is -2.30. The Morgan fingerprint density at radius 3 is 2.78 bits per heavy atom. The predicted molar refractivity (Wildman–Crippen MR) is 109 cm³/mol. The molecule has 1 amide bonds. The van der Waals surface area contributed by atoms with Crippen molar-refractivity contribution in [2.75, 3.05) is 24.2 Å². The van der Waals surface area contributed by atoms with Crippen molar-refractivity contribution >= 4 is 43.2 Å². The van der Waals surface area contributed by atoms with E-state index in [1.54, 1.807) is 17.6 Å². The summed E-state index contributed by atoms with van der Waals surface area (Å²) in [5.74, 6) is -0.500. The van der Waals surface area contributed by atoms with Crippen LogP contribution in [0.5, 0.6) is 0 Å². The zero-order valence-electron chi connectivity index (χ0n) is 15.8. The van der Waals surface area contributed by atoms with E-state index in [9.17, 15) is 18.0 Å². The highest BCUT2D eigenvalue weighted by atomic mass is 32.2. The van der Waals surface area contributed by atoms with Gasteiger partial charge in [0, 0.05) is 24.8 Å². The summed E-state index contributed by atoms with van der Waals surface area (Å²) >= 11 is 1.16. The number of thiazole rings is 1. The summed E-state index contributed by atoms with van der Waals surface area (Å²) in [7, 11) is -3.28. The van der Waals surface area contributed by atoms with Gasteiger partial charge in [0.1, 0.15) is 0 Å². The zero-order valence-corrected chi connectivity index (χ0v) is 17.4. The maximum atomic E-state index is 12.6. The van der Waals surface area contributed by atoms with Crippen LogP contribution in [-0.4, -0.2) is 42.0 Å². The van der Waals surface area contributed by atoms with E-state index in [4.69, 9.17) is 0 Å². The van der Waals surface area contributed by atoms with E-state index in [1.807, 2.05) is 26.0 Å². The number of benzene rings is 1. The van der Waals surface area contributed by atoms with Crippen molar-refractivity contribution in [3.63, 3.8) is 0 Å². The minimum atomic E-state index is -3.28. The molecular formula is C18H25N3O4S2. The summed E-state index contributed by atoms with van der Waals surface area (Å²) in [6, 6.07) is 5.51. The van der Waals surface area contributed by atoms with Crippen LogP contribution >= 0.6 is 11.3 Å². The zero-order chi connectivity index (χ0) is 19.8. The highest BCUT2D eigenvalue weighted by Gasteiger charge is 2.31. The topological polar surface area (TPSA) is 88.5 Å². The van der Waals surface area contributed by atoms with Gasteiger partial charge in [-0.3, -0.25) is 14.2 Å². The Bertz CT molecular complexity index is 1010. The molecule has 9 heteroatoms. The van der Waals surface area contributed by atoms with Crippen LogP contribution in [0.4, 0.5) is 5.69 Å². The lowest BCUT2D eigenvalue weighted by molar-refractivity contribution is -0.120. The van der Waals surface area contributed by atoms with Gasteiger partial charge in [-0.2, -0.15) is 0 Å². The number of aromatic nitrogens is 1. The van der Waals surface area contributed by atoms with Gasteiger partial charge in [0.2, 0.25) is 15.9 Å². The van der Waals surface area contributed by atoms with Gasteiger partial charge in [-0.1, -0.05) is 11.3 Å². The number of amides is 1. The molecule has 27 heavy (non-hydrogen) atoms. The SMILES string of the molecule is CCS(=O)(=O)N1CCC[C@H](C(=O)Nc2ccc3c(c2)sc(=O)n3C(C)C)C1. The fourth-order valence-electron chi connectivity index (χ4n) is 3.44. The van der Waals surface area contributed by atoms with Crippen molar-refractivity contribution in [1.29, 1.82) is 0 Å². The average Bonchev–Trinajstić information content (AvgIpc) is 2.96. The van der Waals surface area contributed by atoms with Gasteiger partial charge in [-0.05, 0) is 51.8 Å². The first-order valence-corrected chi connectivity index (χ1v) is 11.6. The second-order valence-corrected chi connectivity index (χ2v) is 10.4. The third kappa shape index (κ3) is 4.09. The molecule has 1 aromatic heterocycles. The molecule has 0 saturated carbocycles. The third-order valence-corrected chi connectivity index (χ3v) is 7.68. The Labute approximate surface area is 163 Å². The number of carbonyl (C=O) groups excluding carboxylic acids is 1. The van der Waals surface area contributed by atoms with Crippen LogP contribution in [0.1, 0.15) is 39.7 Å². The summed E-state index contributed by atoms with van der Waals surface area (Å²) in [4.78, 5) is 24.8. The predicted octanol–water partition coefficient (Wildman–Crippen LogP) is 2.64. The number of anilines is 1. The molecular weight excluding hydrogens is 386 g/mol. The van der Waals surface area contributed by atoms with Crippen LogP contribution in [0.2, 0.25) is 0 Å². The molecule has 1 saturated heterocycles. The van der Waals surface area contributed by atoms with Gasteiger partial charge in [0.05, 0.1) is 21.9 Å². The van der Waals surface area contributed by atoms with Crippen molar-refractivity contribution in [2.24, 2.45) is 5.92 Å². The molecule has 7 nitrogen and oxygen atoms in total. The Morgan fingerprint density at radius 1 is 1.37 bits per heavy atom. The highest BCUT2D eigenvalue weighted by Crippen LogP contribution is 2.26. The smallest absolute Gasteiger partial charge is 0.308 e. The Kier molecular flexibility index (Phi) is 5.73. The summed E-state index contributed by atoms with van der Waals surface area (Å²) < 4.78 is 28.1. The van der Waals surface area contributed by atoms with E-state index in [0.717, 1.165) is 21.6 Å². The van der Waals surface area contributed by atoms with Crippen molar-refractivity contribution in [3.05, 3.63) is 27.9 Å². The molecule has 0 unspecified atom stereocenters. The average molecular weight is 412 g/mol. The molecule has 0 spiro atoms. The van der Waals surface area contributed by atoms with Gasteiger partial charge in [-0.15, -0.1) is 0 Å². The van der Waals surface area contributed by atoms with E-state index < -0.39 is 10.0 Å². The van der Waals surface area contributed by atoms with E-state index >= 15 is 0 Å². The molecule has 2 heterocycles. The van der Waals surface area contributed by atoms with Gasteiger partial charge >= 0.3 is 4.87 Å². The minimum Gasteiger partial charge on any atom is -0.326 e. The Morgan fingerprint density at radius 2 is 2.11 bits per heavy atom. The van der Waals surface area contributed by atoms with Crippen LogP contribution in [-0.2, 0) is 14.8 Å². The largest absolute Gasteiger partial charge is 0.326 e. The van der Waals surface area contributed by atoms with Gasteiger partial charge < -0.3 is 5.32 Å². The summed E-state index contributed by atoms with van der Waals surface area (Å²) in [6.45, 7) is 6.23. The molecule has 1 aliphatic rings. The van der Waals surface area contributed by atoms with Crippen molar-refractivity contribution < 1.29 is 13.2 Å². The third-order valence-electron chi connectivity index (χ3n) is 4.91. The monoisotopic (exact) mass is 411 g/mol. The molecule has 0 bridgehead atoms. The van der Waals surface area contributed by atoms with Crippen molar-refractivity contribution in [2.45, 2.75) is 39.7 Å². The first-order chi connectivity index (χ1) is 12.7. The lowest BCUT2D eigenvalue weighted by Crippen LogP contribution is -2.44. The standard InChI is InChI=1S/C18H25N3O4S2/c1-4-27(24,25)20-9-5-6-13(11-20)17(22)19-14-7-8-15-16(10-14)26-18(23)21(15)12(2)3/h7-8,10,12-13H,4-6,9,11H2,1-3H3,(H,19,22)/t13-/m0/s1. The fraction of sp³-hybridized carbons (Fsp3) is 0.556. The number of nitrogens with one attached hydrogen (secondary N) is 1. The number of carbonyl (C=O) groups is 1. The molecule has 148 valence electrons. The highest BCUT2D eigenvalue weighted by molar-refractivity contribution is 7.89. The second kappa shape index (κ2) is 7.73. The molecule has 0 aliphatic carbocycles. The minimum absolute atomic E-state index is 0.0174. The first kappa shape index (κ1) is 20.0. The Balaban J connectivity index is 1.77. The summed E-state index contributed by atoms with van der Waals surface area (Å²) in [6.07, 6.45) is 1.34. The number of rotatable bonds is 5. The van der Waals surface area contributed by atoms with Crippen LogP contribution < -0.4 is 10.2 Å². The second-order valence-electron chi connectivity index (χ2n) is 7.10. The number of hydrogen-bond donors (Lipinski definition) is 1. The van der Waals surface area contributed by atoms with E-state index in [1.165, 1.54) is 4.31 Å². The maximum Gasteiger partial charge on any atom is 0.308 e. The molecule has 1 N–H and O–H groups in total. The van der Waals surface area contributed by atoms with Crippen molar-refractivity contribution in [3.8, 4) is 0 Å². The quantitative estimate of drug-likeness (QED) is 0.819. The summed E-state index contributed by atoms with van der Waals surface area (Å²) in [5.41, 5.74) is 1.48. The molecule has 3 rings (SSSR count). The first-order valence-electron chi connectivity index (χ1n) is 9.16. The normalized spacial score (nSPS) is 18.9. The van der Waals surface area contributed by atoms with E-state index in [-0.39, 0.29) is 35.0 Å². The van der Waals surface area contributed by atoms with Crippen molar-refractivity contribution in [1.82, 2.24) is 8.87 Å². The van der Waals surface area contributed by atoms with Gasteiger partial charge in [0.25, 0.3) is 0 Å². The number of sulfonamides is 1. The molecule has 0 radical (unpaired) electrons. The molecule has 1 aromatic carbocycles. The number of piperidine rings is 1. The van der Waals surface area contributed by atoms with Gasteiger partial charge in [0.15, 0.2) is 0 Å². The summed E-state index contributed by atoms with van der Waals surface area (Å²) in [5, 5.41) is 2.89. The molecule has 1 aliphatic heterocycles. The molecule has 2 aromatic rings. The molecule has 1 atom stereocenters. The Hall–Kier alpha value is -1.71. The lowest BCUT2D eigenvalue weighted by atomic mass is 9.98. The van der Waals surface area contributed by atoms with Crippen LogP contribution in [0.15, 0.2) is 23.0 Å². The van der Waals surface area contributed by atoms with Gasteiger partial charge in [-0.25, -0.2) is 12.7 Å². The maximum absolute atomic E-state index is 12.6. The van der Waals surface area contributed by atoms with E-state index in [0.29, 0.717) is 25.1 Å². The van der Waals surface area contributed by atoms with Crippen LogP contribution in [0, 0.1) is 5.92 Å². The fourth-order valence-corrected chi connectivity index (χ4v) is 5.67.